The Morgan fingerprint density at radius 3 is 2.35 bits per heavy atom. The highest BCUT2D eigenvalue weighted by Crippen LogP contribution is 2.20. The van der Waals surface area contributed by atoms with E-state index in [9.17, 15) is 0 Å². The van der Waals surface area contributed by atoms with E-state index in [0.29, 0.717) is 6.04 Å². The summed E-state index contributed by atoms with van der Waals surface area (Å²) < 4.78 is 5.21. The van der Waals surface area contributed by atoms with Crippen molar-refractivity contribution in [2.75, 3.05) is 0 Å². The third-order valence-corrected chi connectivity index (χ3v) is 3.91. The molecule has 0 radical (unpaired) electrons. The van der Waals surface area contributed by atoms with Gasteiger partial charge in [-0.1, -0.05) is 43.3 Å². The van der Waals surface area contributed by atoms with E-state index in [1.807, 2.05) is 13.8 Å². The summed E-state index contributed by atoms with van der Waals surface area (Å²) >= 11 is 0. The molecular weight excluding hydrogens is 248 g/mol. The number of nitrogens with zero attached hydrogens (tertiary/aromatic N) is 1. The van der Waals surface area contributed by atoms with Gasteiger partial charge in [0.25, 0.3) is 0 Å². The first-order chi connectivity index (χ1) is 9.65. The maximum atomic E-state index is 5.21. The molecule has 1 heterocycles. The fourth-order valence-corrected chi connectivity index (χ4v) is 2.46. The Morgan fingerprint density at radius 2 is 1.85 bits per heavy atom. The number of aromatic nitrogens is 1. The van der Waals surface area contributed by atoms with Crippen LogP contribution >= 0.6 is 0 Å². The molecule has 3 nitrogen and oxygen atoms in total. The Labute approximate surface area is 121 Å². The van der Waals surface area contributed by atoms with E-state index in [2.05, 4.69) is 48.6 Å². The second kappa shape index (κ2) is 6.71. The molecule has 3 heteroatoms. The average Bonchev–Trinajstić information content (AvgIpc) is 2.80. The van der Waals surface area contributed by atoms with Crippen LogP contribution in [0.3, 0.4) is 0 Å². The van der Waals surface area contributed by atoms with Gasteiger partial charge in [-0.15, -0.1) is 0 Å². The maximum absolute atomic E-state index is 5.21. The fourth-order valence-electron chi connectivity index (χ4n) is 2.46. The van der Waals surface area contributed by atoms with Crippen molar-refractivity contribution < 1.29 is 4.52 Å². The molecule has 0 fully saturated rings. The topological polar surface area (TPSA) is 38.1 Å². The zero-order chi connectivity index (χ0) is 14.5. The van der Waals surface area contributed by atoms with Crippen molar-refractivity contribution >= 4 is 0 Å². The summed E-state index contributed by atoms with van der Waals surface area (Å²) in [5, 5.41) is 7.61. The highest BCUT2D eigenvalue weighted by Gasteiger charge is 2.13. The van der Waals surface area contributed by atoms with Gasteiger partial charge in [-0.3, -0.25) is 0 Å². The molecule has 0 saturated carbocycles. The lowest BCUT2D eigenvalue weighted by atomic mass is 10.0. The number of hydrogen-bond donors (Lipinski definition) is 1. The van der Waals surface area contributed by atoms with Crippen LogP contribution in [0.4, 0.5) is 0 Å². The molecule has 0 aliphatic carbocycles. The fraction of sp³-hybridized carbons (Fsp3) is 0.471. The monoisotopic (exact) mass is 272 g/mol. The standard InChI is InChI=1S/C17H24N2O/c1-5-14-7-9-15(10-8-14)17(6-2)18-11-16-12(3)19-20-13(16)4/h7-10,17-18H,5-6,11H2,1-4H3. The van der Waals surface area contributed by atoms with Gasteiger partial charge in [-0.05, 0) is 37.8 Å². The number of hydrogen-bond acceptors (Lipinski definition) is 3. The van der Waals surface area contributed by atoms with Crippen LogP contribution in [0.1, 0.15) is 54.5 Å². The van der Waals surface area contributed by atoms with Gasteiger partial charge >= 0.3 is 0 Å². The summed E-state index contributed by atoms with van der Waals surface area (Å²) in [6, 6.07) is 9.26. The minimum atomic E-state index is 0.370. The van der Waals surface area contributed by atoms with E-state index in [0.717, 1.165) is 30.8 Å². The second-order valence-electron chi connectivity index (χ2n) is 5.24. The minimum Gasteiger partial charge on any atom is -0.361 e. The van der Waals surface area contributed by atoms with Crippen LogP contribution in [0, 0.1) is 13.8 Å². The minimum absolute atomic E-state index is 0.370. The lowest BCUT2D eigenvalue weighted by Gasteiger charge is -2.17. The third-order valence-electron chi connectivity index (χ3n) is 3.91. The molecule has 0 amide bonds. The zero-order valence-corrected chi connectivity index (χ0v) is 12.9. The predicted molar refractivity (Wildman–Crippen MR) is 81.7 cm³/mol. The molecule has 1 unspecified atom stereocenters. The van der Waals surface area contributed by atoms with Gasteiger partial charge in [-0.2, -0.15) is 0 Å². The molecule has 2 rings (SSSR count). The molecule has 0 aliphatic rings. The predicted octanol–water partition coefficient (Wildman–Crippen LogP) is 4.09. The highest BCUT2D eigenvalue weighted by atomic mass is 16.5. The molecule has 1 atom stereocenters. The van der Waals surface area contributed by atoms with Crippen molar-refractivity contribution in [3.63, 3.8) is 0 Å². The number of benzene rings is 1. The summed E-state index contributed by atoms with van der Waals surface area (Å²) in [6.07, 6.45) is 2.15. The molecule has 0 aliphatic heterocycles. The first-order valence-corrected chi connectivity index (χ1v) is 7.39. The van der Waals surface area contributed by atoms with Gasteiger partial charge in [0, 0.05) is 18.2 Å². The van der Waals surface area contributed by atoms with Gasteiger partial charge in [0.2, 0.25) is 0 Å². The molecule has 108 valence electrons. The molecule has 1 N–H and O–H groups in total. The van der Waals surface area contributed by atoms with E-state index < -0.39 is 0 Å². The van der Waals surface area contributed by atoms with E-state index in [4.69, 9.17) is 4.52 Å². The van der Waals surface area contributed by atoms with Crippen LogP contribution < -0.4 is 5.32 Å². The third kappa shape index (κ3) is 3.28. The normalized spacial score (nSPS) is 12.6. The van der Waals surface area contributed by atoms with Gasteiger partial charge in [0.15, 0.2) is 0 Å². The molecule has 0 spiro atoms. The largest absolute Gasteiger partial charge is 0.361 e. The van der Waals surface area contributed by atoms with E-state index in [-0.39, 0.29) is 0 Å². The number of nitrogens with one attached hydrogen (secondary N) is 1. The van der Waals surface area contributed by atoms with Gasteiger partial charge in [0.05, 0.1) is 5.69 Å². The molecule has 2 aromatic rings. The Bertz CT molecular complexity index is 523. The lowest BCUT2D eigenvalue weighted by Crippen LogP contribution is -2.20. The summed E-state index contributed by atoms with van der Waals surface area (Å²) in [5.74, 6) is 0.909. The van der Waals surface area contributed by atoms with Crippen molar-refractivity contribution in [2.45, 2.75) is 53.1 Å². The van der Waals surface area contributed by atoms with Gasteiger partial charge < -0.3 is 9.84 Å². The Hall–Kier alpha value is -1.61. The first-order valence-electron chi connectivity index (χ1n) is 7.39. The quantitative estimate of drug-likeness (QED) is 0.860. The van der Waals surface area contributed by atoms with Crippen LogP contribution in [-0.4, -0.2) is 5.16 Å². The zero-order valence-electron chi connectivity index (χ0n) is 12.9. The van der Waals surface area contributed by atoms with E-state index in [1.165, 1.54) is 16.7 Å². The van der Waals surface area contributed by atoms with E-state index >= 15 is 0 Å². The first kappa shape index (κ1) is 14.8. The summed E-state index contributed by atoms with van der Waals surface area (Å²) in [5.41, 5.74) is 4.88. The van der Waals surface area contributed by atoms with Gasteiger partial charge in [-0.25, -0.2) is 0 Å². The molecule has 1 aromatic heterocycles. The van der Waals surface area contributed by atoms with Crippen molar-refractivity contribution in [3.8, 4) is 0 Å². The van der Waals surface area contributed by atoms with Crippen molar-refractivity contribution in [1.29, 1.82) is 0 Å². The van der Waals surface area contributed by atoms with Crippen molar-refractivity contribution in [3.05, 3.63) is 52.4 Å². The Morgan fingerprint density at radius 1 is 1.15 bits per heavy atom. The van der Waals surface area contributed by atoms with Crippen molar-refractivity contribution in [1.82, 2.24) is 10.5 Å². The smallest absolute Gasteiger partial charge is 0.138 e. The molecule has 1 aromatic carbocycles. The Kier molecular flexibility index (Phi) is 4.96. The van der Waals surface area contributed by atoms with Crippen LogP contribution in [0.5, 0.6) is 0 Å². The number of rotatable bonds is 6. The van der Waals surface area contributed by atoms with E-state index in [1.54, 1.807) is 0 Å². The van der Waals surface area contributed by atoms with Crippen LogP contribution in [-0.2, 0) is 13.0 Å². The maximum Gasteiger partial charge on any atom is 0.138 e. The molecule has 0 saturated heterocycles. The lowest BCUT2D eigenvalue weighted by molar-refractivity contribution is 0.391. The Balaban J connectivity index is 2.05. The van der Waals surface area contributed by atoms with Crippen LogP contribution in [0.25, 0.3) is 0 Å². The summed E-state index contributed by atoms with van der Waals surface area (Å²) in [7, 11) is 0. The summed E-state index contributed by atoms with van der Waals surface area (Å²) in [6.45, 7) is 9.15. The SMILES string of the molecule is CCc1ccc(C(CC)NCc2c(C)noc2C)cc1. The number of aryl methyl sites for hydroxylation is 3. The van der Waals surface area contributed by atoms with Gasteiger partial charge in [0.1, 0.15) is 5.76 Å². The molecule has 0 bridgehead atoms. The highest BCUT2D eigenvalue weighted by molar-refractivity contribution is 5.26. The van der Waals surface area contributed by atoms with Crippen LogP contribution in [0.15, 0.2) is 28.8 Å². The van der Waals surface area contributed by atoms with Crippen molar-refractivity contribution in [2.24, 2.45) is 0 Å². The second-order valence-corrected chi connectivity index (χ2v) is 5.24. The summed E-state index contributed by atoms with van der Waals surface area (Å²) in [4.78, 5) is 0. The molecular formula is C17H24N2O. The van der Waals surface area contributed by atoms with Crippen LogP contribution in [0.2, 0.25) is 0 Å². The molecule has 20 heavy (non-hydrogen) atoms. The average molecular weight is 272 g/mol.